The molecular formula is C24H20N2O3. The van der Waals surface area contributed by atoms with Gasteiger partial charge < -0.3 is 9.47 Å². The van der Waals surface area contributed by atoms with Gasteiger partial charge in [0.05, 0.1) is 25.5 Å². The van der Waals surface area contributed by atoms with Gasteiger partial charge in [-0.1, -0.05) is 30.3 Å². The molecule has 0 spiro atoms. The van der Waals surface area contributed by atoms with Crippen molar-refractivity contribution in [3.8, 4) is 11.5 Å². The molecule has 3 aromatic rings. The second-order valence-corrected chi connectivity index (χ2v) is 6.46. The molecule has 0 N–H and O–H groups in total. The SMILES string of the molecule is COc1ccc(C=C2C(=O)N(c3ccccc3)N=C2c2ccc(OC)cc2)cc1. The van der Waals surface area contributed by atoms with Crippen molar-refractivity contribution < 1.29 is 14.3 Å². The summed E-state index contributed by atoms with van der Waals surface area (Å²) in [6.07, 6.45) is 1.85. The highest BCUT2D eigenvalue weighted by atomic mass is 16.5. The second-order valence-electron chi connectivity index (χ2n) is 6.46. The van der Waals surface area contributed by atoms with Gasteiger partial charge in [0.2, 0.25) is 0 Å². The number of ether oxygens (including phenoxy) is 2. The summed E-state index contributed by atoms with van der Waals surface area (Å²) in [5.74, 6) is 1.34. The average molecular weight is 384 g/mol. The molecule has 0 aliphatic carbocycles. The predicted molar refractivity (Wildman–Crippen MR) is 114 cm³/mol. The Morgan fingerprint density at radius 2 is 1.38 bits per heavy atom. The van der Waals surface area contributed by atoms with E-state index in [0.717, 1.165) is 28.3 Å². The Bertz CT molecular complexity index is 1070. The number of hydrazone groups is 1. The fourth-order valence-electron chi connectivity index (χ4n) is 3.12. The summed E-state index contributed by atoms with van der Waals surface area (Å²) in [7, 11) is 3.25. The first-order valence-corrected chi connectivity index (χ1v) is 9.18. The second kappa shape index (κ2) is 8.02. The number of anilines is 1. The van der Waals surface area contributed by atoms with E-state index in [4.69, 9.17) is 9.47 Å². The summed E-state index contributed by atoms with van der Waals surface area (Å²) in [6, 6.07) is 24.5. The van der Waals surface area contributed by atoms with Crippen molar-refractivity contribution in [1.82, 2.24) is 0 Å². The number of methoxy groups -OCH3 is 2. The fraction of sp³-hybridized carbons (Fsp3) is 0.0833. The Hall–Kier alpha value is -3.86. The summed E-state index contributed by atoms with van der Waals surface area (Å²) >= 11 is 0. The van der Waals surface area contributed by atoms with Crippen LogP contribution in [0.3, 0.4) is 0 Å². The number of amides is 1. The number of benzene rings is 3. The first kappa shape index (κ1) is 18.5. The molecule has 3 aromatic carbocycles. The first-order chi connectivity index (χ1) is 14.2. The van der Waals surface area contributed by atoms with Crippen LogP contribution in [0.25, 0.3) is 6.08 Å². The Morgan fingerprint density at radius 1 is 0.793 bits per heavy atom. The number of carbonyl (C=O) groups is 1. The van der Waals surface area contributed by atoms with Crippen molar-refractivity contribution in [2.24, 2.45) is 5.10 Å². The number of hydrogen-bond acceptors (Lipinski definition) is 4. The van der Waals surface area contributed by atoms with Gasteiger partial charge in [-0.3, -0.25) is 4.79 Å². The number of carbonyl (C=O) groups excluding carboxylic acids is 1. The Labute approximate surface area is 169 Å². The van der Waals surface area contributed by atoms with Gasteiger partial charge in [-0.05, 0) is 60.2 Å². The van der Waals surface area contributed by atoms with Gasteiger partial charge in [0.1, 0.15) is 17.2 Å². The lowest BCUT2D eigenvalue weighted by atomic mass is 10.00. The van der Waals surface area contributed by atoms with E-state index in [0.29, 0.717) is 11.3 Å². The fourth-order valence-corrected chi connectivity index (χ4v) is 3.12. The normalized spacial score (nSPS) is 14.8. The van der Waals surface area contributed by atoms with E-state index in [1.54, 1.807) is 14.2 Å². The molecule has 0 radical (unpaired) electrons. The van der Waals surface area contributed by atoms with E-state index in [-0.39, 0.29) is 5.91 Å². The van der Waals surface area contributed by atoms with Gasteiger partial charge in [0, 0.05) is 5.56 Å². The van der Waals surface area contributed by atoms with E-state index < -0.39 is 0 Å². The lowest BCUT2D eigenvalue weighted by Gasteiger charge is -2.10. The number of para-hydroxylation sites is 1. The van der Waals surface area contributed by atoms with E-state index in [1.165, 1.54) is 5.01 Å². The maximum absolute atomic E-state index is 13.2. The van der Waals surface area contributed by atoms with Crippen LogP contribution < -0.4 is 14.5 Å². The van der Waals surface area contributed by atoms with Crippen LogP contribution in [0.5, 0.6) is 11.5 Å². The molecule has 4 rings (SSSR count). The highest BCUT2D eigenvalue weighted by Gasteiger charge is 2.32. The Morgan fingerprint density at radius 3 is 1.97 bits per heavy atom. The van der Waals surface area contributed by atoms with Crippen LogP contribution in [-0.2, 0) is 4.79 Å². The van der Waals surface area contributed by atoms with Gasteiger partial charge in [-0.15, -0.1) is 0 Å². The highest BCUT2D eigenvalue weighted by molar-refractivity contribution is 6.37. The summed E-state index contributed by atoms with van der Waals surface area (Å²) in [5, 5.41) is 6.08. The number of hydrogen-bond donors (Lipinski definition) is 0. The largest absolute Gasteiger partial charge is 0.497 e. The van der Waals surface area contributed by atoms with Gasteiger partial charge in [-0.2, -0.15) is 10.1 Å². The number of nitrogens with zero attached hydrogens (tertiary/aromatic N) is 2. The zero-order valence-electron chi connectivity index (χ0n) is 16.2. The quantitative estimate of drug-likeness (QED) is 0.607. The van der Waals surface area contributed by atoms with Gasteiger partial charge >= 0.3 is 0 Å². The van der Waals surface area contributed by atoms with Crippen molar-refractivity contribution >= 4 is 23.4 Å². The van der Waals surface area contributed by atoms with Crippen LogP contribution >= 0.6 is 0 Å². The van der Waals surface area contributed by atoms with Crippen LogP contribution in [-0.4, -0.2) is 25.8 Å². The molecular weight excluding hydrogens is 364 g/mol. The molecule has 0 unspecified atom stereocenters. The third-order valence-electron chi connectivity index (χ3n) is 4.67. The van der Waals surface area contributed by atoms with Crippen LogP contribution in [0.15, 0.2) is 89.5 Å². The smallest absolute Gasteiger partial charge is 0.281 e. The van der Waals surface area contributed by atoms with Crippen molar-refractivity contribution in [3.05, 3.63) is 95.6 Å². The molecule has 0 fully saturated rings. The molecule has 1 heterocycles. The minimum Gasteiger partial charge on any atom is -0.497 e. The molecule has 0 atom stereocenters. The van der Waals surface area contributed by atoms with E-state index >= 15 is 0 Å². The van der Waals surface area contributed by atoms with Gasteiger partial charge in [0.25, 0.3) is 5.91 Å². The minimum absolute atomic E-state index is 0.169. The van der Waals surface area contributed by atoms with E-state index in [2.05, 4.69) is 5.10 Å². The van der Waals surface area contributed by atoms with Crippen molar-refractivity contribution in [2.45, 2.75) is 0 Å². The lowest BCUT2D eigenvalue weighted by Crippen LogP contribution is -2.21. The lowest BCUT2D eigenvalue weighted by molar-refractivity contribution is -0.114. The van der Waals surface area contributed by atoms with Gasteiger partial charge in [0.15, 0.2) is 0 Å². The van der Waals surface area contributed by atoms with Crippen LogP contribution in [0, 0.1) is 0 Å². The molecule has 0 saturated heterocycles. The molecule has 1 amide bonds. The molecule has 144 valence electrons. The topological polar surface area (TPSA) is 51.1 Å². The third-order valence-corrected chi connectivity index (χ3v) is 4.67. The highest BCUT2D eigenvalue weighted by Crippen LogP contribution is 2.28. The summed E-state index contributed by atoms with van der Waals surface area (Å²) in [5.41, 5.74) is 3.62. The van der Waals surface area contributed by atoms with Crippen molar-refractivity contribution in [3.63, 3.8) is 0 Å². The van der Waals surface area contributed by atoms with Crippen molar-refractivity contribution in [1.29, 1.82) is 0 Å². The monoisotopic (exact) mass is 384 g/mol. The van der Waals surface area contributed by atoms with Crippen LogP contribution in [0.2, 0.25) is 0 Å². The zero-order valence-corrected chi connectivity index (χ0v) is 16.2. The van der Waals surface area contributed by atoms with E-state index in [1.807, 2.05) is 84.9 Å². The first-order valence-electron chi connectivity index (χ1n) is 9.18. The molecule has 29 heavy (non-hydrogen) atoms. The molecule has 5 nitrogen and oxygen atoms in total. The van der Waals surface area contributed by atoms with Crippen molar-refractivity contribution in [2.75, 3.05) is 19.2 Å². The standard InChI is InChI=1S/C24H20N2O3/c1-28-20-12-8-17(9-13-20)16-22-23(18-10-14-21(29-2)15-11-18)25-26(24(22)27)19-6-4-3-5-7-19/h3-16H,1-2H3. The molecule has 0 bridgehead atoms. The number of rotatable bonds is 5. The predicted octanol–water partition coefficient (Wildman–Crippen LogP) is 4.54. The van der Waals surface area contributed by atoms with Crippen LogP contribution in [0.4, 0.5) is 5.69 Å². The van der Waals surface area contributed by atoms with Gasteiger partial charge in [-0.25, -0.2) is 0 Å². The Kier molecular flexibility index (Phi) is 5.12. The van der Waals surface area contributed by atoms with Crippen LogP contribution in [0.1, 0.15) is 11.1 Å². The molecule has 5 heteroatoms. The Balaban J connectivity index is 1.78. The zero-order chi connectivity index (χ0) is 20.2. The summed E-state index contributed by atoms with van der Waals surface area (Å²) in [6.45, 7) is 0. The third kappa shape index (κ3) is 3.75. The molecule has 0 saturated carbocycles. The molecule has 1 aliphatic heterocycles. The summed E-state index contributed by atoms with van der Waals surface area (Å²) < 4.78 is 10.5. The minimum atomic E-state index is -0.169. The van der Waals surface area contributed by atoms with E-state index in [9.17, 15) is 4.79 Å². The maximum Gasteiger partial charge on any atom is 0.281 e. The average Bonchev–Trinajstić information content (AvgIpc) is 3.11. The molecule has 0 aromatic heterocycles. The molecule has 1 aliphatic rings. The maximum atomic E-state index is 13.2. The summed E-state index contributed by atoms with van der Waals surface area (Å²) in [4.78, 5) is 13.2.